The van der Waals surface area contributed by atoms with E-state index >= 15 is 0 Å². The Bertz CT molecular complexity index is 1670. The van der Waals surface area contributed by atoms with Crippen LogP contribution in [-0.2, 0) is 17.5 Å². The molecule has 1 fully saturated rings. The van der Waals surface area contributed by atoms with Crippen molar-refractivity contribution in [1.82, 2.24) is 24.4 Å². The summed E-state index contributed by atoms with van der Waals surface area (Å²) in [6.07, 6.45) is 2.11. The van der Waals surface area contributed by atoms with E-state index in [1.807, 2.05) is 18.7 Å². The SMILES string of the molecule is C=CC(=O)N1C(C)CN(c2nc(=O)n3c4c(c(-c5cc(Cl)cs5)c(C(F)(F)F)cc24)SCCC3)C[C@@H]1C.c1cncnc1. The summed E-state index contributed by atoms with van der Waals surface area (Å²) in [5.41, 5.74) is -0.754. The predicted octanol–water partition coefficient (Wildman–Crippen LogP) is 6.38. The highest BCUT2D eigenvalue weighted by atomic mass is 35.5. The number of halogens is 4. The first kappa shape index (κ1) is 31.0. The van der Waals surface area contributed by atoms with E-state index in [1.165, 1.54) is 34.8 Å². The molecule has 43 heavy (non-hydrogen) atoms. The third-order valence-corrected chi connectivity index (χ3v) is 9.69. The van der Waals surface area contributed by atoms with Gasteiger partial charge in [-0.25, -0.2) is 14.8 Å². The van der Waals surface area contributed by atoms with E-state index in [1.54, 1.807) is 28.7 Å². The fourth-order valence-electron chi connectivity index (χ4n) is 5.58. The van der Waals surface area contributed by atoms with E-state index in [4.69, 9.17) is 11.6 Å². The lowest BCUT2D eigenvalue weighted by Crippen LogP contribution is -2.58. The Kier molecular flexibility index (Phi) is 9.14. The third kappa shape index (κ3) is 6.29. The van der Waals surface area contributed by atoms with Gasteiger partial charge in [0.1, 0.15) is 12.1 Å². The maximum absolute atomic E-state index is 14.6. The first-order valence-electron chi connectivity index (χ1n) is 13.5. The van der Waals surface area contributed by atoms with Crippen LogP contribution in [0, 0.1) is 0 Å². The number of piperazine rings is 1. The van der Waals surface area contributed by atoms with Crippen LogP contribution in [0.2, 0.25) is 5.02 Å². The molecule has 1 aromatic carbocycles. The van der Waals surface area contributed by atoms with E-state index in [2.05, 4.69) is 21.5 Å². The molecule has 5 heterocycles. The van der Waals surface area contributed by atoms with Crippen LogP contribution in [0.1, 0.15) is 25.8 Å². The average molecular weight is 649 g/mol. The van der Waals surface area contributed by atoms with Crippen LogP contribution in [0.4, 0.5) is 19.0 Å². The van der Waals surface area contributed by atoms with Crippen LogP contribution in [0.3, 0.4) is 0 Å². The summed E-state index contributed by atoms with van der Waals surface area (Å²) in [4.78, 5) is 41.7. The number of carbonyl (C=O) groups excluding carboxylic acids is 1. The van der Waals surface area contributed by atoms with Crippen molar-refractivity contribution in [1.29, 1.82) is 0 Å². The van der Waals surface area contributed by atoms with Crippen LogP contribution in [0.25, 0.3) is 21.3 Å². The quantitative estimate of drug-likeness (QED) is 0.238. The zero-order valence-electron chi connectivity index (χ0n) is 23.3. The second kappa shape index (κ2) is 12.7. The van der Waals surface area contributed by atoms with Gasteiger partial charge < -0.3 is 9.80 Å². The number of aryl methyl sites for hydroxylation is 1. The van der Waals surface area contributed by atoms with E-state index < -0.39 is 17.4 Å². The van der Waals surface area contributed by atoms with Gasteiger partial charge in [-0.1, -0.05) is 18.2 Å². The Hall–Kier alpha value is -3.42. The van der Waals surface area contributed by atoms with Crippen molar-refractivity contribution in [3.05, 3.63) is 76.0 Å². The molecule has 1 amide bonds. The molecule has 1 saturated heterocycles. The zero-order chi connectivity index (χ0) is 30.9. The Morgan fingerprint density at radius 1 is 1.16 bits per heavy atom. The minimum absolute atomic E-state index is 0.0530. The normalized spacial score (nSPS) is 18.6. The molecular weight excluding hydrogens is 621 g/mol. The summed E-state index contributed by atoms with van der Waals surface area (Å²) in [6, 6.07) is 3.93. The van der Waals surface area contributed by atoms with Crippen molar-refractivity contribution >= 4 is 57.3 Å². The summed E-state index contributed by atoms with van der Waals surface area (Å²) < 4.78 is 45.2. The van der Waals surface area contributed by atoms with E-state index in [-0.39, 0.29) is 34.8 Å². The molecule has 1 unspecified atom stereocenters. The summed E-state index contributed by atoms with van der Waals surface area (Å²) in [7, 11) is 0. The van der Waals surface area contributed by atoms with E-state index in [9.17, 15) is 22.8 Å². The zero-order valence-corrected chi connectivity index (χ0v) is 25.7. The van der Waals surface area contributed by atoms with Gasteiger partial charge in [-0.05, 0) is 50.3 Å². The van der Waals surface area contributed by atoms with Gasteiger partial charge in [0.05, 0.1) is 16.1 Å². The number of nitrogens with zero attached hydrogens (tertiary/aromatic N) is 6. The number of thiophene rings is 1. The van der Waals surface area contributed by atoms with Crippen molar-refractivity contribution in [3.8, 4) is 10.4 Å². The summed E-state index contributed by atoms with van der Waals surface area (Å²) in [5.74, 6) is 0.566. The van der Waals surface area contributed by atoms with Gasteiger partial charge in [0, 0.05) is 70.2 Å². The largest absolute Gasteiger partial charge is 0.417 e. The van der Waals surface area contributed by atoms with Crippen LogP contribution in [0.15, 0.2) is 64.6 Å². The second-order valence-corrected chi connectivity index (χ2v) is 12.6. The molecule has 0 bridgehead atoms. The average Bonchev–Trinajstić information content (AvgIpc) is 3.28. The predicted molar refractivity (Wildman–Crippen MR) is 165 cm³/mol. The molecule has 226 valence electrons. The molecule has 2 atom stereocenters. The van der Waals surface area contributed by atoms with Crippen LogP contribution in [-0.4, -0.2) is 61.3 Å². The Labute approximate surface area is 259 Å². The number of thioether (sulfide) groups is 1. The van der Waals surface area contributed by atoms with E-state index in [0.717, 1.165) is 17.4 Å². The van der Waals surface area contributed by atoms with Crippen LogP contribution in [0.5, 0.6) is 0 Å². The standard InChI is InChI=1S/C25H24ClF3N4O2S2.C4H4N2/c1-4-19(34)33-13(2)10-31(11-14(33)3)23-16-9-17(25(27,28)29)20(18-8-15(26)12-37-18)22-21(16)32(24(35)30-23)6-5-7-36-22;1-2-5-4-6-3-1/h4,8-9,12-14H,1,5-7,10-11H2,2-3H3;1-4H/t13-,14?;/m0./s1. The molecule has 2 aliphatic rings. The van der Waals surface area contributed by atoms with Crippen molar-refractivity contribution in [2.45, 2.75) is 50.0 Å². The van der Waals surface area contributed by atoms with Gasteiger partial charge in [-0.2, -0.15) is 18.2 Å². The van der Waals surface area contributed by atoms with Crippen molar-refractivity contribution in [3.63, 3.8) is 0 Å². The van der Waals surface area contributed by atoms with Gasteiger partial charge in [0.15, 0.2) is 0 Å². The molecule has 0 spiro atoms. The number of aromatic nitrogens is 4. The minimum Gasteiger partial charge on any atom is -0.352 e. The number of rotatable bonds is 3. The molecule has 0 N–H and O–H groups in total. The molecule has 0 saturated carbocycles. The smallest absolute Gasteiger partial charge is 0.352 e. The molecule has 8 nitrogen and oxygen atoms in total. The number of alkyl halides is 3. The lowest BCUT2D eigenvalue weighted by molar-refractivity contribution is -0.137. The minimum atomic E-state index is -4.64. The summed E-state index contributed by atoms with van der Waals surface area (Å²) >= 11 is 8.58. The van der Waals surface area contributed by atoms with Gasteiger partial charge in [0.25, 0.3) is 0 Å². The molecule has 0 aliphatic carbocycles. The molecule has 3 aromatic heterocycles. The molecule has 2 aliphatic heterocycles. The first-order chi connectivity index (χ1) is 20.5. The monoisotopic (exact) mass is 648 g/mol. The topological polar surface area (TPSA) is 84.2 Å². The highest BCUT2D eigenvalue weighted by Crippen LogP contribution is 2.49. The lowest BCUT2D eigenvalue weighted by Gasteiger charge is -2.44. The maximum Gasteiger partial charge on any atom is 0.417 e. The van der Waals surface area contributed by atoms with Gasteiger partial charge >= 0.3 is 11.9 Å². The number of benzene rings is 1. The summed E-state index contributed by atoms with van der Waals surface area (Å²) in [5, 5.41) is 2.25. The molecular formula is C29H28ClF3N6O2S2. The van der Waals surface area contributed by atoms with E-state index in [0.29, 0.717) is 52.1 Å². The van der Waals surface area contributed by atoms with Gasteiger partial charge in [-0.15, -0.1) is 23.1 Å². The van der Waals surface area contributed by atoms with Crippen LogP contribution >= 0.6 is 34.7 Å². The van der Waals surface area contributed by atoms with Gasteiger partial charge in [0.2, 0.25) is 5.91 Å². The van der Waals surface area contributed by atoms with Crippen molar-refractivity contribution < 1.29 is 18.0 Å². The Morgan fingerprint density at radius 2 is 1.86 bits per heavy atom. The maximum atomic E-state index is 14.6. The molecule has 0 radical (unpaired) electrons. The second-order valence-electron chi connectivity index (χ2n) is 10.2. The van der Waals surface area contributed by atoms with Crippen molar-refractivity contribution in [2.24, 2.45) is 0 Å². The fourth-order valence-corrected chi connectivity index (χ4v) is 7.98. The van der Waals surface area contributed by atoms with Crippen molar-refractivity contribution in [2.75, 3.05) is 23.7 Å². The first-order valence-corrected chi connectivity index (χ1v) is 15.7. The van der Waals surface area contributed by atoms with Gasteiger partial charge in [-0.3, -0.25) is 9.36 Å². The fraction of sp³-hybridized carbons (Fsp3) is 0.345. The Balaban J connectivity index is 0.000000548. The van der Waals surface area contributed by atoms with Crippen LogP contribution < -0.4 is 10.6 Å². The summed E-state index contributed by atoms with van der Waals surface area (Å²) in [6.45, 7) is 8.31. The number of hydrogen-bond acceptors (Lipinski definition) is 8. The lowest BCUT2D eigenvalue weighted by atomic mass is 10.0. The number of amides is 1. The Morgan fingerprint density at radius 3 is 2.40 bits per heavy atom. The molecule has 14 heteroatoms. The molecule has 4 aromatic rings. The highest BCUT2D eigenvalue weighted by Gasteiger charge is 2.39. The highest BCUT2D eigenvalue weighted by molar-refractivity contribution is 7.99. The number of hydrogen-bond donors (Lipinski definition) is 0. The number of carbonyl (C=O) groups is 1. The molecule has 6 rings (SSSR count). The third-order valence-electron chi connectivity index (χ3n) is 7.22. The number of anilines is 1.